The Morgan fingerprint density at radius 2 is 1.76 bits per heavy atom. The lowest BCUT2D eigenvalue weighted by atomic mass is 9.85. The number of benzene rings is 2. The summed E-state index contributed by atoms with van der Waals surface area (Å²) in [5, 5.41) is 8.93. The van der Waals surface area contributed by atoms with Gasteiger partial charge in [0.05, 0.1) is 35.8 Å². The molecule has 3 N–H and O–H groups in total. The molecule has 3 unspecified atom stereocenters. The lowest BCUT2D eigenvalue weighted by Gasteiger charge is -2.35. The molecular formula is C43H52N6O7S2. The van der Waals surface area contributed by atoms with Gasteiger partial charge in [0, 0.05) is 46.2 Å². The molecule has 2 aliphatic carbocycles. The maximum absolute atomic E-state index is 14.9. The average molecular weight is 829 g/mol. The van der Waals surface area contributed by atoms with Crippen LogP contribution in [-0.4, -0.2) is 83.6 Å². The predicted molar refractivity (Wildman–Crippen MR) is 225 cm³/mol. The number of rotatable bonds is 13. The molecule has 1 saturated heterocycles. The molecule has 0 spiro atoms. The standard InChI is InChI=1S/C43H52N6O7S2/c1-9-26-22-43(26,39(52)48-58(53,54)29-16-17-29)47-37(50)33-20-28(23-49(33)38(51)36(42(5,6)7)46-40-45-35(24-57-40)41(2,3)4)56-34-21-31(25-13-11-10-12-14-25)44-32-19-27(55-8)15-18-30(32)34/h9-15,18-19,21,24,26,28-29,33,36H,1,16-17,20,22-23H2,2-8H3,(H,45,46)(H,47,50)(H,48,52)/t26-,28?,33?,36?,43-/m1/s1. The number of nitrogens with zero attached hydrogens (tertiary/aromatic N) is 3. The molecule has 3 heterocycles. The number of carbonyl (C=O) groups excluding carboxylic acids is 3. The van der Waals surface area contributed by atoms with Crippen molar-refractivity contribution in [3.63, 3.8) is 0 Å². The Hall–Kier alpha value is -5.02. The van der Waals surface area contributed by atoms with Gasteiger partial charge in [-0.2, -0.15) is 0 Å². The third-order valence-corrected chi connectivity index (χ3v) is 13.7. The maximum atomic E-state index is 14.9. The highest BCUT2D eigenvalue weighted by atomic mass is 32.2. The predicted octanol–water partition coefficient (Wildman–Crippen LogP) is 6.21. The van der Waals surface area contributed by atoms with Crippen LogP contribution in [0.2, 0.25) is 0 Å². The summed E-state index contributed by atoms with van der Waals surface area (Å²) >= 11 is 1.41. The second kappa shape index (κ2) is 15.3. The average Bonchev–Trinajstić information content (AvgIpc) is 4.06. The Balaban J connectivity index is 1.23. The van der Waals surface area contributed by atoms with Crippen molar-refractivity contribution in [2.75, 3.05) is 19.0 Å². The van der Waals surface area contributed by atoms with Crippen molar-refractivity contribution in [2.24, 2.45) is 11.3 Å². The Morgan fingerprint density at radius 1 is 1.03 bits per heavy atom. The number of amides is 3. The zero-order chi connectivity index (χ0) is 41.8. The van der Waals surface area contributed by atoms with E-state index in [2.05, 4.69) is 42.7 Å². The van der Waals surface area contributed by atoms with Crippen molar-refractivity contribution in [1.82, 2.24) is 24.9 Å². The molecule has 3 fully saturated rings. The molecule has 3 amide bonds. The van der Waals surface area contributed by atoms with E-state index in [-0.39, 0.29) is 30.7 Å². The summed E-state index contributed by atoms with van der Waals surface area (Å²) in [7, 11) is -2.30. The smallest absolute Gasteiger partial charge is 0.259 e. The van der Waals surface area contributed by atoms with Crippen LogP contribution in [0, 0.1) is 11.3 Å². The number of likely N-dealkylation sites (tertiary alicyclic amines) is 1. The monoisotopic (exact) mass is 828 g/mol. The summed E-state index contributed by atoms with van der Waals surface area (Å²) in [6, 6.07) is 15.2. The number of hydrogen-bond donors (Lipinski definition) is 3. The summed E-state index contributed by atoms with van der Waals surface area (Å²) in [4.78, 5) is 54.4. The molecule has 58 heavy (non-hydrogen) atoms. The van der Waals surface area contributed by atoms with Crippen LogP contribution < -0.4 is 24.8 Å². The molecule has 0 radical (unpaired) electrons. The van der Waals surface area contributed by atoms with Crippen molar-refractivity contribution in [2.45, 2.75) is 102 Å². The van der Waals surface area contributed by atoms with Gasteiger partial charge in [-0.25, -0.2) is 18.4 Å². The molecule has 3 aliphatic rings. The molecular weight excluding hydrogens is 777 g/mol. The van der Waals surface area contributed by atoms with E-state index in [1.165, 1.54) is 16.2 Å². The molecule has 2 aromatic carbocycles. The molecule has 5 atom stereocenters. The third kappa shape index (κ3) is 8.42. The molecule has 1 aliphatic heterocycles. The second-order valence-electron chi connectivity index (χ2n) is 17.7. The number of methoxy groups -OCH3 is 1. The van der Waals surface area contributed by atoms with Crippen LogP contribution >= 0.6 is 11.3 Å². The fraction of sp³-hybridized carbons (Fsp3) is 0.465. The van der Waals surface area contributed by atoms with E-state index in [1.807, 2.05) is 80.7 Å². The summed E-state index contributed by atoms with van der Waals surface area (Å²) in [6.07, 6.45) is 2.11. The number of nitrogens with one attached hydrogen (secondary N) is 3. The molecule has 2 saturated carbocycles. The normalized spacial score (nSPS) is 22.5. The van der Waals surface area contributed by atoms with Crippen LogP contribution in [0.3, 0.4) is 0 Å². The summed E-state index contributed by atoms with van der Waals surface area (Å²) < 4.78 is 40.2. The molecule has 2 aromatic heterocycles. The van der Waals surface area contributed by atoms with E-state index >= 15 is 0 Å². The Kier molecular flexibility index (Phi) is 10.9. The summed E-state index contributed by atoms with van der Waals surface area (Å²) in [5.74, 6) is -1.09. The fourth-order valence-corrected chi connectivity index (χ4v) is 9.68. The van der Waals surface area contributed by atoms with Crippen LogP contribution in [0.4, 0.5) is 5.13 Å². The van der Waals surface area contributed by atoms with Crippen molar-refractivity contribution in [3.8, 4) is 22.8 Å². The van der Waals surface area contributed by atoms with Gasteiger partial charge >= 0.3 is 0 Å². The number of pyridine rings is 1. The van der Waals surface area contributed by atoms with Gasteiger partial charge in [-0.1, -0.05) is 78.0 Å². The summed E-state index contributed by atoms with van der Waals surface area (Å²) in [6.45, 7) is 15.9. The number of hydrogen-bond acceptors (Lipinski definition) is 11. The number of aromatic nitrogens is 2. The number of thiazole rings is 1. The lowest BCUT2D eigenvalue weighted by Crippen LogP contribution is -2.58. The third-order valence-electron chi connectivity index (χ3n) is 11.1. The van der Waals surface area contributed by atoms with E-state index in [0.29, 0.717) is 40.7 Å². The number of ether oxygens (including phenoxy) is 2. The van der Waals surface area contributed by atoms with Gasteiger partial charge in [-0.05, 0) is 36.8 Å². The summed E-state index contributed by atoms with van der Waals surface area (Å²) in [5.41, 5.74) is 0.729. The van der Waals surface area contributed by atoms with Crippen LogP contribution in [0.25, 0.3) is 22.2 Å². The Labute approximate surface area is 344 Å². The number of carbonyl (C=O) groups is 3. The lowest BCUT2D eigenvalue weighted by molar-refractivity contribution is -0.141. The number of fused-ring (bicyclic) bond motifs is 1. The highest BCUT2D eigenvalue weighted by molar-refractivity contribution is 7.91. The van der Waals surface area contributed by atoms with Gasteiger partial charge < -0.3 is 25.0 Å². The minimum atomic E-state index is -3.89. The zero-order valence-electron chi connectivity index (χ0n) is 34.0. The van der Waals surface area contributed by atoms with Crippen molar-refractivity contribution < 1.29 is 32.3 Å². The molecule has 13 nitrogen and oxygen atoms in total. The first-order chi connectivity index (χ1) is 27.3. The van der Waals surface area contributed by atoms with Crippen LogP contribution in [0.5, 0.6) is 11.5 Å². The molecule has 308 valence electrons. The van der Waals surface area contributed by atoms with E-state index < -0.39 is 62.1 Å². The molecule has 0 bridgehead atoms. The molecule has 7 rings (SSSR count). The van der Waals surface area contributed by atoms with Gasteiger partial charge in [0.2, 0.25) is 21.8 Å². The first-order valence-electron chi connectivity index (χ1n) is 19.6. The quantitative estimate of drug-likeness (QED) is 0.132. The Morgan fingerprint density at radius 3 is 2.36 bits per heavy atom. The minimum Gasteiger partial charge on any atom is -0.497 e. The Bertz CT molecular complexity index is 2350. The van der Waals surface area contributed by atoms with Crippen LogP contribution in [0.15, 0.2) is 72.6 Å². The first kappa shape index (κ1) is 41.2. The van der Waals surface area contributed by atoms with E-state index in [4.69, 9.17) is 19.4 Å². The number of anilines is 1. The van der Waals surface area contributed by atoms with Crippen molar-refractivity contribution >= 4 is 55.1 Å². The maximum Gasteiger partial charge on any atom is 0.259 e. The highest BCUT2D eigenvalue weighted by Crippen LogP contribution is 2.46. The fourth-order valence-electron chi connectivity index (χ4n) is 7.35. The molecule has 4 aromatic rings. The highest BCUT2D eigenvalue weighted by Gasteiger charge is 2.62. The zero-order valence-corrected chi connectivity index (χ0v) is 35.6. The van der Waals surface area contributed by atoms with Gasteiger partial charge in [0.15, 0.2) is 5.13 Å². The van der Waals surface area contributed by atoms with E-state index in [1.54, 1.807) is 13.2 Å². The van der Waals surface area contributed by atoms with Gasteiger partial charge in [0.25, 0.3) is 5.91 Å². The van der Waals surface area contributed by atoms with E-state index in [9.17, 15) is 22.8 Å². The minimum absolute atomic E-state index is 0.0527. The van der Waals surface area contributed by atoms with Crippen LogP contribution in [0.1, 0.15) is 72.9 Å². The number of sulfonamides is 1. The van der Waals surface area contributed by atoms with E-state index in [0.717, 1.165) is 16.6 Å². The van der Waals surface area contributed by atoms with Crippen LogP contribution in [-0.2, 0) is 29.8 Å². The van der Waals surface area contributed by atoms with Crippen molar-refractivity contribution in [1.29, 1.82) is 0 Å². The van der Waals surface area contributed by atoms with Gasteiger partial charge in [-0.15, -0.1) is 17.9 Å². The van der Waals surface area contributed by atoms with Gasteiger partial charge in [-0.3, -0.25) is 19.1 Å². The van der Waals surface area contributed by atoms with Gasteiger partial charge in [0.1, 0.15) is 35.2 Å². The largest absolute Gasteiger partial charge is 0.497 e. The van der Waals surface area contributed by atoms with Crippen molar-refractivity contribution in [3.05, 3.63) is 78.3 Å². The SMILES string of the molecule is C=C[C@@H]1C[C@]1(NC(=O)C1CC(Oc2cc(-c3ccccc3)nc3cc(OC)ccc23)CN1C(=O)C(Nc1nc(C(C)(C)C)cs1)C(C)(C)C)C(=O)NS(=O)(=O)C1CC1. The second-order valence-corrected chi connectivity index (χ2v) is 20.5. The topological polar surface area (TPSA) is 169 Å². The first-order valence-corrected chi connectivity index (χ1v) is 22.0. The molecule has 15 heteroatoms.